The summed E-state index contributed by atoms with van der Waals surface area (Å²) in [6, 6.07) is 5.57. The van der Waals surface area contributed by atoms with Crippen molar-refractivity contribution in [2.24, 2.45) is 0 Å². The monoisotopic (exact) mass is 267 g/mol. The summed E-state index contributed by atoms with van der Waals surface area (Å²) in [5, 5.41) is 0. The second-order valence-corrected chi connectivity index (χ2v) is 5.15. The highest BCUT2D eigenvalue weighted by Gasteiger charge is 2.13. The fourth-order valence-electron chi connectivity index (χ4n) is 2.61. The van der Waals surface area contributed by atoms with E-state index in [1.54, 1.807) is 6.07 Å². The molecule has 1 aliphatic heterocycles. The summed E-state index contributed by atoms with van der Waals surface area (Å²) in [6.07, 6.45) is 7.12. The summed E-state index contributed by atoms with van der Waals surface area (Å²) in [5.74, 6) is 0.711. The molecule has 2 aromatic rings. The largest absolute Gasteiger partial charge is 0.369 e. The van der Waals surface area contributed by atoms with Crippen molar-refractivity contribution in [2.45, 2.75) is 19.8 Å². The van der Waals surface area contributed by atoms with Crippen molar-refractivity contribution >= 4 is 12.0 Å². The molecule has 1 aromatic carbocycles. The van der Waals surface area contributed by atoms with Crippen molar-refractivity contribution in [1.29, 1.82) is 0 Å². The highest BCUT2D eigenvalue weighted by Crippen LogP contribution is 2.23. The summed E-state index contributed by atoms with van der Waals surface area (Å²) in [4.78, 5) is 22.0. The van der Waals surface area contributed by atoms with Crippen LogP contribution >= 0.6 is 0 Å². The van der Waals surface area contributed by atoms with Crippen LogP contribution in [0.2, 0.25) is 0 Å². The molecule has 0 radical (unpaired) electrons. The van der Waals surface area contributed by atoms with Gasteiger partial charge in [-0.3, -0.25) is 4.79 Å². The van der Waals surface area contributed by atoms with Gasteiger partial charge in [0.15, 0.2) is 5.82 Å². The Morgan fingerprint density at radius 2 is 1.85 bits per heavy atom. The Morgan fingerprint density at radius 3 is 2.45 bits per heavy atom. The first kappa shape index (κ1) is 12.8. The topological polar surface area (TPSA) is 46.1 Å². The van der Waals surface area contributed by atoms with Gasteiger partial charge in [-0.1, -0.05) is 12.1 Å². The standard InChI is InChI=1S/C16H17N3O/c1-12-8-13(11-20)4-5-15(12)16-17-9-14(10-18-16)19-6-2-3-7-19/h4-5,8-11H,2-3,6-7H2,1H3. The van der Waals surface area contributed by atoms with Crippen LogP contribution in [0.3, 0.4) is 0 Å². The second-order valence-electron chi connectivity index (χ2n) is 5.15. The van der Waals surface area contributed by atoms with E-state index in [0.717, 1.165) is 36.2 Å². The number of aromatic nitrogens is 2. The minimum Gasteiger partial charge on any atom is -0.369 e. The maximum Gasteiger partial charge on any atom is 0.159 e. The molecule has 2 heterocycles. The Balaban J connectivity index is 1.88. The minimum absolute atomic E-state index is 0.680. The van der Waals surface area contributed by atoms with Gasteiger partial charge in [-0.25, -0.2) is 9.97 Å². The van der Waals surface area contributed by atoms with Crippen molar-refractivity contribution in [3.05, 3.63) is 41.7 Å². The van der Waals surface area contributed by atoms with Crippen LogP contribution in [-0.2, 0) is 0 Å². The molecule has 4 nitrogen and oxygen atoms in total. The predicted molar refractivity (Wildman–Crippen MR) is 79.0 cm³/mol. The van der Waals surface area contributed by atoms with Gasteiger partial charge in [-0.15, -0.1) is 0 Å². The number of carbonyl (C=O) groups is 1. The molecule has 0 bridgehead atoms. The van der Waals surface area contributed by atoms with E-state index < -0.39 is 0 Å². The van der Waals surface area contributed by atoms with Crippen molar-refractivity contribution < 1.29 is 4.79 Å². The van der Waals surface area contributed by atoms with Crippen LogP contribution < -0.4 is 4.90 Å². The summed E-state index contributed by atoms with van der Waals surface area (Å²) in [6.45, 7) is 4.16. The lowest BCUT2D eigenvalue weighted by Gasteiger charge is -2.16. The molecule has 102 valence electrons. The van der Waals surface area contributed by atoms with E-state index in [4.69, 9.17) is 0 Å². The molecule has 0 amide bonds. The molecule has 4 heteroatoms. The van der Waals surface area contributed by atoms with E-state index in [1.807, 2.05) is 31.5 Å². The number of carbonyl (C=O) groups excluding carboxylic acids is 1. The Kier molecular flexibility index (Phi) is 3.46. The number of benzene rings is 1. The molecule has 0 spiro atoms. The molecule has 3 rings (SSSR count). The molecular formula is C16H17N3O. The summed E-state index contributed by atoms with van der Waals surface area (Å²) < 4.78 is 0. The zero-order valence-corrected chi connectivity index (χ0v) is 11.5. The first-order valence-electron chi connectivity index (χ1n) is 6.91. The maximum atomic E-state index is 10.8. The van der Waals surface area contributed by atoms with Gasteiger partial charge in [-0.05, 0) is 31.4 Å². The number of rotatable bonds is 3. The Labute approximate surface area is 118 Å². The Hall–Kier alpha value is -2.23. The molecule has 1 aliphatic rings. The van der Waals surface area contributed by atoms with Crippen molar-refractivity contribution in [3.63, 3.8) is 0 Å². The van der Waals surface area contributed by atoms with Crippen LogP contribution in [0.1, 0.15) is 28.8 Å². The highest BCUT2D eigenvalue weighted by atomic mass is 16.1. The fraction of sp³-hybridized carbons (Fsp3) is 0.312. The normalized spacial score (nSPS) is 14.6. The van der Waals surface area contributed by atoms with Gasteiger partial charge in [0.1, 0.15) is 6.29 Å². The second kappa shape index (κ2) is 5.41. The van der Waals surface area contributed by atoms with Crippen LogP contribution in [0.15, 0.2) is 30.6 Å². The van der Waals surface area contributed by atoms with Crippen LogP contribution in [0.5, 0.6) is 0 Å². The van der Waals surface area contributed by atoms with Gasteiger partial charge in [-0.2, -0.15) is 0 Å². The smallest absolute Gasteiger partial charge is 0.159 e. The third-order valence-electron chi connectivity index (χ3n) is 3.74. The first-order chi connectivity index (χ1) is 9.78. The average Bonchev–Trinajstić information content (AvgIpc) is 3.01. The lowest BCUT2D eigenvalue weighted by atomic mass is 10.1. The van der Waals surface area contributed by atoms with E-state index in [1.165, 1.54) is 12.8 Å². The lowest BCUT2D eigenvalue weighted by molar-refractivity contribution is 0.112. The van der Waals surface area contributed by atoms with Crippen LogP contribution in [0, 0.1) is 6.92 Å². The molecule has 0 saturated carbocycles. The summed E-state index contributed by atoms with van der Waals surface area (Å²) in [5.41, 5.74) is 3.76. The number of nitrogens with zero attached hydrogens (tertiary/aromatic N) is 3. The van der Waals surface area contributed by atoms with Gasteiger partial charge in [0.2, 0.25) is 0 Å². The number of aldehydes is 1. The fourth-order valence-corrected chi connectivity index (χ4v) is 2.61. The quantitative estimate of drug-likeness (QED) is 0.802. The van der Waals surface area contributed by atoms with E-state index >= 15 is 0 Å². The molecule has 0 atom stereocenters. The van der Waals surface area contributed by atoms with Gasteiger partial charge in [0, 0.05) is 24.2 Å². The van der Waals surface area contributed by atoms with Crippen molar-refractivity contribution in [3.8, 4) is 11.4 Å². The third-order valence-corrected chi connectivity index (χ3v) is 3.74. The molecule has 0 unspecified atom stereocenters. The van der Waals surface area contributed by atoms with E-state index in [0.29, 0.717) is 11.4 Å². The van der Waals surface area contributed by atoms with Crippen LogP contribution in [-0.4, -0.2) is 29.3 Å². The van der Waals surface area contributed by atoms with Crippen LogP contribution in [0.4, 0.5) is 5.69 Å². The van der Waals surface area contributed by atoms with E-state index in [-0.39, 0.29) is 0 Å². The molecular weight excluding hydrogens is 250 g/mol. The number of hydrogen-bond donors (Lipinski definition) is 0. The van der Waals surface area contributed by atoms with Crippen LogP contribution in [0.25, 0.3) is 11.4 Å². The zero-order chi connectivity index (χ0) is 13.9. The molecule has 1 aromatic heterocycles. The molecule has 20 heavy (non-hydrogen) atoms. The molecule has 0 aliphatic carbocycles. The SMILES string of the molecule is Cc1cc(C=O)ccc1-c1ncc(N2CCCC2)cn1. The summed E-state index contributed by atoms with van der Waals surface area (Å²) in [7, 11) is 0. The van der Waals surface area contributed by atoms with E-state index in [2.05, 4.69) is 14.9 Å². The zero-order valence-electron chi connectivity index (χ0n) is 11.5. The summed E-state index contributed by atoms with van der Waals surface area (Å²) >= 11 is 0. The number of hydrogen-bond acceptors (Lipinski definition) is 4. The van der Waals surface area contributed by atoms with E-state index in [9.17, 15) is 4.79 Å². The van der Waals surface area contributed by atoms with Gasteiger partial charge < -0.3 is 4.90 Å². The average molecular weight is 267 g/mol. The van der Waals surface area contributed by atoms with Crippen molar-refractivity contribution in [1.82, 2.24) is 9.97 Å². The number of aryl methyl sites for hydroxylation is 1. The first-order valence-corrected chi connectivity index (χ1v) is 6.91. The maximum absolute atomic E-state index is 10.8. The molecule has 1 fully saturated rings. The van der Waals surface area contributed by atoms with Gasteiger partial charge in [0.05, 0.1) is 18.1 Å². The molecule has 0 N–H and O–H groups in total. The Bertz CT molecular complexity index is 616. The lowest BCUT2D eigenvalue weighted by Crippen LogP contribution is -2.18. The number of anilines is 1. The highest BCUT2D eigenvalue weighted by molar-refractivity contribution is 5.77. The van der Waals surface area contributed by atoms with Gasteiger partial charge in [0.25, 0.3) is 0 Å². The van der Waals surface area contributed by atoms with Gasteiger partial charge >= 0.3 is 0 Å². The minimum atomic E-state index is 0.680. The predicted octanol–water partition coefficient (Wildman–Crippen LogP) is 2.86. The van der Waals surface area contributed by atoms with Crippen molar-refractivity contribution in [2.75, 3.05) is 18.0 Å². The Morgan fingerprint density at radius 1 is 1.15 bits per heavy atom. The third kappa shape index (κ3) is 2.41. The molecule has 1 saturated heterocycles.